The van der Waals surface area contributed by atoms with Crippen molar-refractivity contribution >= 4 is 40.2 Å². The molecule has 1 aromatic rings. The second-order valence-corrected chi connectivity index (χ2v) is 3.91. The van der Waals surface area contributed by atoms with Gasteiger partial charge in [-0.25, -0.2) is 4.39 Å². The number of carboxylic acid groups (broad SMARTS) is 1. The number of nitrogens with one attached hydrogen (secondary N) is 1. The van der Waals surface area contributed by atoms with E-state index in [4.69, 9.17) is 5.11 Å². The molecule has 0 atom stereocenters. The number of benzene rings is 1. The van der Waals surface area contributed by atoms with E-state index < -0.39 is 24.1 Å². The third-order valence-electron chi connectivity index (χ3n) is 1.52. The number of anilines is 1. The monoisotopic (exact) mass is 323 g/mol. The third-order valence-corrected chi connectivity index (χ3v) is 2.41. The lowest BCUT2D eigenvalue weighted by Gasteiger charge is -2.05. The first-order chi connectivity index (χ1) is 6.99. The third kappa shape index (κ3) is 3.82. The van der Waals surface area contributed by atoms with E-state index >= 15 is 0 Å². The van der Waals surface area contributed by atoms with Crippen molar-refractivity contribution < 1.29 is 19.1 Å². The van der Waals surface area contributed by atoms with Gasteiger partial charge in [0.1, 0.15) is 12.2 Å². The molecule has 15 heavy (non-hydrogen) atoms. The van der Waals surface area contributed by atoms with Crippen molar-refractivity contribution in [2.75, 3.05) is 5.32 Å². The molecule has 80 valence electrons. The lowest BCUT2D eigenvalue weighted by atomic mass is 10.3. The second-order valence-electron chi connectivity index (χ2n) is 2.74. The molecule has 6 heteroatoms. The average Bonchev–Trinajstić information content (AvgIpc) is 2.08. The van der Waals surface area contributed by atoms with Crippen molar-refractivity contribution in [2.45, 2.75) is 6.42 Å². The van der Waals surface area contributed by atoms with Crippen LogP contribution in [0.25, 0.3) is 0 Å². The Labute approximate surface area is 98.6 Å². The Hall–Kier alpha value is -1.18. The fraction of sp³-hybridized carbons (Fsp3) is 0.111. The summed E-state index contributed by atoms with van der Waals surface area (Å²) in [5.41, 5.74) is 0.406. The molecule has 0 aliphatic carbocycles. The summed E-state index contributed by atoms with van der Waals surface area (Å²) in [5.74, 6) is -2.24. The summed E-state index contributed by atoms with van der Waals surface area (Å²) in [5, 5.41) is 10.7. The lowest BCUT2D eigenvalue weighted by molar-refractivity contribution is -0.139. The van der Waals surface area contributed by atoms with Gasteiger partial charge in [0.2, 0.25) is 5.91 Å². The number of halogens is 2. The summed E-state index contributed by atoms with van der Waals surface area (Å²) in [6.45, 7) is 0. The van der Waals surface area contributed by atoms with Crippen molar-refractivity contribution in [3.63, 3.8) is 0 Å². The number of carbonyl (C=O) groups is 2. The van der Waals surface area contributed by atoms with Gasteiger partial charge in [-0.15, -0.1) is 0 Å². The van der Waals surface area contributed by atoms with Crippen LogP contribution in [0.3, 0.4) is 0 Å². The maximum absolute atomic E-state index is 12.7. The first-order valence-corrected chi connectivity index (χ1v) is 5.03. The van der Waals surface area contributed by atoms with Gasteiger partial charge in [-0.05, 0) is 40.8 Å². The predicted molar refractivity (Wildman–Crippen MR) is 60.0 cm³/mol. The fourth-order valence-corrected chi connectivity index (χ4v) is 1.53. The van der Waals surface area contributed by atoms with Gasteiger partial charge in [-0.2, -0.15) is 0 Å². The van der Waals surface area contributed by atoms with Gasteiger partial charge >= 0.3 is 5.97 Å². The van der Waals surface area contributed by atoms with Crippen molar-refractivity contribution in [1.29, 1.82) is 0 Å². The minimum absolute atomic E-state index is 0.406. The van der Waals surface area contributed by atoms with E-state index in [1.54, 1.807) is 0 Å². The molecule has 0 aliphatic heterocycles. The Balaban J connectivity index is 2.72. The Morgan fingerprint density at radius 2 is 2.13 bits per heavy atom. The number of rotatable bonds is 3. The zero-order chi connectivity index (χ0) is 11.4. The van der Waals surface area contributed by atoms with Gasteiger partial charge < -0.3 is 10.4 Å². The van der Waals surface area contributed by atoms with E-state index in [1.807, 2.05) is 22.6 Å². The maximum Gasteiger partial charge on any atom is 0.312 e. The van der Waals surface area contributed by atoms with E-state index in [9.17, 15) is 14.0 Å². The summed E-state index contributed by atoms with van der Waals surface area (Å²) in [6.07, 6.45) is -0.604. The summed E-state index contributed by atoms with van der Waals surface area (Å²) < 4.78 is 13.2. The minimum Gasteiger partial charge on any atom is -0.481 e. The minimum atomic E-state index is -1.20. The Morgan fingerprint density at radius 1 is 1.47 bits per heavy atom. The van der Waals surface area contributed by atoms with Crippen LogP contribution in [0.15, 0.2) is 18.2 Å². The predicted octanol–water partition coefficient (Wildman–Crippen LogP) is 1.84. The molecule has 1 aromatic carbocycles. The van der Waals surface area contributed by atoms with Gasteiger partial charge in [0.05, 0.1) is 5.69 Å². The Bertz CT molecular complexity index is 408. The molecule has 0 saturated heterocycles. The van der Waals surface area contributed by atoms with Gasteiger partial charge in [0.15, 0.2) is 0 Å². The van der Waals surface area contributed by atoms with E-state index in [1.165, 1.54) is 18.2 Å². The van der Waals surface area contributed by atoms with Crippen LogP contribution in [0.2, 0.25) is 0 Å². The van der Waals surface area contributed by atoms with Crippen LogP contribution >= 0.6 is 22.6 Å². The van der Waals surface area contributed by atoms with Gasteiger partial charge in [0.25, 0.3) is 0 Å². The summed E-state index contributed by atoms with van der Waals surface area (Å²) in [4.78, 5) is 21.3. The largest absolute Gasteiger partial charge is 0.481 e. The maximum atomic E-state index is 12.7. The SMILES string of the molecule is O=C(O)CC(=O)Nc1ccc(F)cc1I. The lowest BCUT2D eigenvalue weighted by Crippen LogP contribution is -2.16. The average molecular weight is 323 g/mol. The van der Waals surface area contributed by atoms with E-state index in [0.29, 0.717) is 9.26 Å². The number of hydrogen-bond acceptors (Lipinski definition) is 2. The molecule has 2 N–H and O–H groups in total. The fourth-order valence-electron chi connectivity index (χ4n) is 0.923. The molecule has 0 bridgehead atoms. The Kier molecular flexibility index (Phi) is 4.01. The number of aliphatic carboxylic acids is 1. The highest BCUT2D eigenvalue weighted by atomic mass is 127. The molecule has 0 radical (unpaired) electrons. The van der Waals surface area contributed by atoms with E-state index in [-0.39, 0.29) is 0 Å². The molecule has 4 nitrogen and oxygen atoms in total. The smallest absolute Gasteiger partial charge is 0.312 e. The van der Waals surface area contributed by atoms with Crippen LogP contribution in [0, 0.1) is 9.39 Å². The highest BCUT2D eigenvalue weighted by molar-refractivity contribution is 14.1. The molecule has 0 spiro atoms. The normalized spacial score (nSPS) is 9.73. The molecule has 0 aliphatic rings. The van der Waals surface area contributed by atoms with Crippen LogP contribution in [0.1, 0.15) is 6.42 Å². The first kappa shape index (κ1) is 11.9. The first-order valence-electron chi connectivity index (χ1n) is 3.95. The number of carboxylic acids is 1. The molecule has 1 rings (SSSR count). The summed E-state index contributed by atoms with van der Waals surface area (Å²) >= 11 is 1.85. The molecule has 0 heterocycles. The van der Waals surface area contributed by atoms with E-state index in [2.05, 4.69) is 5.32 Å². The second kappa shape index (κ2) is 5.06. The zero-order valence-corrected chi connectivity index (χ0v) is 9.62. The standard InChI is InChI=1S/C9H7FINO3/c10-5-1-2-7(6(11)3-5)12-8(13)4-9(14)15/h1-3H,4H2,(H,12,13)(H,14,15). The van der Waals surface area contributed by atoms with Crippen LogP contribution in [-0.2, 0) is 9.59 Å². The molecule has 0 unspecified atom stereocenters. The van der Waals surface area contributed by atoms with Crippen molar-refractivity contribution in [1.82, 2.24) is 0 Å². The molecule has 0 aromatic heterocycles. The van der Waals surface area contributed by atoms with Crippen LogP contribution in [0.5, 0.6) is 0 Å². The highest BCUT2D eigenvalue weighted by Gasteiger charge is 2.09. The summed E-state index contributed by atoms with van der Waals surface area (Å²) in [6, 6.07) is 3.83. The van der Waals surface area contributed by atoms with Crippen LogP contribution < -0.4 is 5.32 Å². The van der Waals surface area contributed by atoms with Crippen molar-refractivity contribution in [2.24, 2.45) is 0 Å². The van der Waals surface area contributed by atoms with Crippen molar-refractivity contribution in [3.8, 4) is 0 Å². The number of hydrogen-bond donors (Lipinski definition) is 2. The molecular weight excluding hydrogens is 316 g/mol. The topological polar surface area (TPSA) is 66.4 Å². The van der Waals surface area contributed by atoms with Crippen LogP contribution in [-0.4, -0.2) is 17.0 Å². The van der Waals surface area contributed by atoms with Crippen LogP contribution in [0.4, 0.5) is 10.1 Å². The van der Waals surface area contributed by atoms with E-state index in [0.717, 1.165) is 0 Å². The zero-order valence-electron chi connectivity index (χ0n) is 7.46. The number of carbonyl (C=O) groups excluding carboxylic acids is 1. The molecular formula is C9H7FINO3. The van der Waals surface area contributed by atoms with Gasteiger partial charge in [-0.1, -0.05) is 0 Å². The summed E-state index contributed by atoms with van der Waals surface area (Å²) in [7, 11) is 0. The van der Waals surface area contributed by atoms with Gasteiger partial charge in [0, 0.05) is 3.57 Å². The Morgan fingerprint density at radius 3 is 2.67 bits per heavy atom. The molecule has 1 amide bonds. The molecule has 0 fully saturated rings. The molecule has 0 saturated carbocycles. The highest BCUT2D eigenvalue weighted by Crippen LogP contribution is 2.18. The van der Waals surface area contributed by atoms with Gasteiger partial charge in [-0.3, -0.25) is 9.59 Å². The number of amides is 1. The quantitative estimate of drug-likeness (QED) is 0.659. The van der Waals surface area contributed by atoms with Crippen molar-refractivity contribution in [3.05, 3.63) is 27.6 Å².